The maximum absolute atomic E-state index is 13.0. The Kier molecular flexibility index (Phi) is 12.7. The van der Waals surface area contributed by atoms with E-state index in [1.165, 1.54) is 0 Å². The molecule has 6 heteroatoms. The molecular formula is C30H44N2O4. The zero-order valence-corrected chi connectivity index (χ0v) is 22.9. The number of ether oxygens (including phenoxy) is 3. The quantitative estimate of drug-likeness (QED) is 0.213. The Labute approximate surface area is 217 Å². The van der Waals surface area contributed by atoms with Gasteiger partial charge in [0.05, 0.1) is 27.4 Å². The molecule has 2 aromatic carbocycles. The molecule has 1 N–H and O–H groups in total. The van der Waals surface area contributed by atoms with Crippen LogP contribution in [0, 0.1) is 5.92 Å². The number of carbonyl (C=O) groups excluding carboxylic acids is 1. The molecule has 0 saturated heterocycles. The van der Waals surface area contributed by atoms with Crippen molar-refractivity contribution >= 4 is 18.2 Å². The van der Waals surface area contributed by atoms with Gasteiger partial charge in [-0.3, -0.25) is 0 Å². The number of hydrogen-bond donors (Lipinski definition) is 1. The van der Waals surface area contributed by atoms with Crippen LogP contribution in [0.15, 0.2) is 36.4 Å². The summed E-state index contributed by atoms with van der Waals surface area (Å²) in [5.74, 6) is 2.76. The molecule has 0 heterocycles. The van der Waals surface area contributed by atoms with Crippen LogP contribution in [0.1, 0.15) is 70.1 Å². The van der Waals surface area contributed by atoms with Gasteiger partial charge in [-0.15, -0.1) is 0 Å². The molecule has 0 aliphatic heterocycles. The Morgan fingerprint density at radius 2 is 1.69 bits per heavy atom. The van der Waals surface area contributed by atoms with E-state index < -0.39 is 0 Å². The largest absolute Gasteiger partial charge is 0.497 e. The fraction of sp³-hybridized carbons (Fsp3) is 0.500. The van der Waals surface area contributed by atoms with E-state index in [9.17, 15) is 4.79 Å². The summed E-state index contributed by atoms with van der Waals surface area (Å²) in [5, 5.41) is 3.06. The second kappa shape index (κ2) is 15.8. The molecule has 0 spiro atoms. The minimum Gasteiger partial charge on any atom is -0.497 e. The third-order valence-electron chi connectivity index (χ3n) is 5.82. The second-order valence-corrected chi connectivity index (χ2v) is 9.37. The van der Waals surface area contributed by atoms with Crippen LogP contribution in [0.3, 0.4) is 0 Å². The molecule has 198 valence electrons. The molecule has 0 aromatic heterocycles. The Bertz CT molecular complexity index is 954. The summed E-state index contributed by atoms with van der Waals surface area (Å²) in [6.07, 6.45) is 8.08. The minimum absolute atomic E-state index is 0.0401. The Morgan fingerprint density at radius 1 is 0.972 bits per heavy atom. The highest BCUT2D eigenvalue weighted by Crippen LogP contribution is 2.31. The average molecular weight is 497 g/mol. The van der Waals surface area contributed by atoms with Crippen LogP contribution in [0.2, 0.25) is 0 Å². The van der Waals surface area contributed by atoms with Gasteiger partial charge in [0.2, 0.25) is 0 Å². The monoisotopic (exact) mass is 496 g/mol. The Morgan fingerprint density at radius 3 is 2.31 bits per heavy atom. The van der Waals surface area contributed by atoms with E-state index in [0.29, 0.717) is 43.7 Å². The molecule has 0 aliphatic rings. The van der Waals surface area contributed by atoms with Gasteiger partial charge in [-0.05, 0) is 48.1 Å². The summed E-state index contributed by atoms with van der Waals surface area (Å²) in [6, 6.07) is 11.9. The minimum atomic E-state index is -0.0401. The molecule has 0 fully saturated rings. The SMILES string of the molecule is CCCCNC(=O)N(CCCC)Cc1c(/C=C/c2ccc(OCC(C)C)cc2)cc(OC)cc1OC. The van der Waals surface area contributed by atoms with Crippen LogP contribution in [-0.2, 0) is 6.54 Å². The molecular weight excluding hydrogens is 452 g/mol. The lowest BCUT2D eigenvalue weighted by Gasteiger charge is -2.25. The van der Waals surface area contributed by atoms with Gasteiger partial charge in [0.1, 0.15) is 17.2 Å². The highest BCUT2D eigenvalue weighted by Gasteiger charge is 2.19. The lowest BCUT2D eigenvalue weighted by molar-refractivity contribution is 0.193. The van der Waals surface area contributed by atoms with Gasteiger partial charge in [-0.1, -0.05) is 64.8 Å². The third-order valence-corrected chi connectivity index (χ3v) is 5.82. The molecule has 0 saturated carbocycles. The van der Waals surface area contributed by atoms with Crippen molar-refractivity contribution in [3.8, 4) is 17.2 Å². The molecule has 0 bridgehead atoms. The van der Waals surface area contributed by atoms with Crippen LogP contribution in [0.25, 0.3) is 12.2 Å². The Balaban J connectivity index is 2.33. The molecule has 0 unspecified atom stereocenters. The second-order valence-electron chi connectivity index (χ2n) is 9.37. The smallest absolute Gasteiger partial charge is 0.317 e. The molecule has 2 amide bonds. The molecule has 2 aromatic rings. The number of rotatable bonds is 15. The first kappa shape index (κ1) is 29.1. The number of nitrogens with zero attached hydrogens (tertiary/aromatic N) is 1. The summed E-state index contributed by atoms with van der Waals surface area (Å²) in [6.45, 7) is 11.0. The molecule has 2 rings (SSSR count). The first-order valence-electron chi connectivity index (χ1n) is 13.1. The fourth-order valence-corrected chi connectivity index (χ4v) is 3.66. The van der Waals surface area contributed by atoms with Gasteiger partial charge in [0.25, 0.3) is 0 Å². The predicted molar refractivity (Wildman–Crippen MR) is 149 cm³/mol. The van der Waals surface area contributed by atoms with Crippen molar-refractivity contribution in [1.29, 1.82) is 0 Å². The van der Waals surface area contributed by atoms with E-state index in [-0.39, 0.29) is 6.03 Å². The van der Waals surface area contributed by atoms with Crippen LogP contribution in [0.4, 0.5) is 4.79 Å². The van der Waals surface area contributed by atoms with Crippen molar-refractivity contribution < 1.29 is 19.0 Å². The average Bonchev–Trinajstić information content (AvgIpc) is 2.89. The number of benzene rings is 2. The Hall–Kier alpha value is -3.15. The van der Waals surface area contributed by atoms with Crippen molar-refractivity contribution in [2.24, 2.45) is 5.92 Å². The van der Waals surface area contributed by atoms with E-state index in [1.54, 1.807) is 14.2 Å². The molecule has 0 radical (unpaired) electrons. The highest BCUT2D eigenvalue weighted by molar-refractivity contribution is 5.76. The van der Waals surface area contributed by atoms with E-state index in [2.05, 4.69) is 45.2 Å². The zero-order valence-electron chi connectivity index (χ0n) is 22.9. The van der Waals surface area contributed by atoms with Crippen molar-refractivity contribution in [3.05, 3.63) is 53.1 Å². The van der Waals surface area contributed by atoms with Crippen molar-refractivity contribution in [1.82, 2.24) is 10.2 Å². The number of hydrogen-bond acceptors (Lipinski definition) is 4. The number of urea groups is 1. The van der Waals surface area contributed by atoms with Gasteiger partial charge >= 0.3 is 6.03 Å². The van der Waals surface area contributed by atoms with Gasteiger partial charge in [-0.25, -0.2) is 4.79 Å². The van der Waals surface area contributed by atoms with Crippen LogP contribution in [0.5, 0.6) is 17.2 Å². The predicted octanol–water partition coefficient (Wildman–Crippen LogP) is 7.02. The zero-order chi connectivity index (χ0) is 26.3. The maximum atomic E-state index is 13.0. The van der Waals surface area contributed by atoms with Crippen LogP contribution in [-0.4, -0.2) is 44.8 Å². The van der Waals surface area contributed by atoms with E-state index >= 15 is 0 Å². The van der Waals surface area contributed by atoms with Crippen molar-refractivity contribution in [2.45, 2.75) is 59.9 Å². The first-order valence-corrected chi connectivity index (χ1v) is 13.1. The molecule has 6 nitrogen and oxygen atoms in total. The summed E-state index contributed by atoms with van der Waals surface area (Å²) in [4.78, 5) is 14.9. The van der Waals surface area contributed by atoms with Crippen molar-refractivity contribution in [3.63, 3.8) is 0 Å². The lowest BCUT2D eigenvalue weighted by Crippen LogP contribution is -2.40. The van der Waals surface area contributed by atoms with Crippen LogP contribution < -0.4 is 19.5 Å². The van der Waals surface area contributed by atoms with Crippen molar-refractivity contribution in [2.75, 3.05) is 33.9 Å². The fourth-order valence-electron chi connectivity index (χ4n) is 3.66. The number of carbonyl (C=O) groups is 1. The van der Waals surface area contributed by atoms with Crippen LogP contribution >= 0.6 is 0 Å². The van der Waals surface area contributed by atoms with E-state index in [1.807, 2.05) is 41.3 Å². The number of amides is 2. The van der Waals surface area contributed by atoms with Gasteiger partial charge in [0, 0.05) is 24.7 Å². The first-order chi connectivity index (χ1) is 17.4. The molecule has 36 heavy (non-hydrogen) atoms. The van der Waals surface area contributed by atoms with Gasteiger partial charge in [-0.2, -0.15) is 0 Å². The number of unbranched alkanes of at least 4 members (excludes halogenated alkanes) is 2. The lowest BCUT2D eigenvalue weighted by atomic mass is 10.0. The number of methoxy groups -OCH3 is 2. The third kappa shape index (κ3) is 9.48. The standard InChI is InChI=1S/C30H44N2O4/c1-7-9-17-31-30(33)32(18-10-8-2)21-28-25(19-27(34-5)20-29(28)35-6)14-11-24-12-15-26(16-13-24)36-22-23(3)4/h11-16,19-20,23H,7-10,17-18,21-22H2,1-6H3,(H,31,33)/b14-11+. The normalized spacial score (nSPS) is 11.1. The molecule has 0 aliphatic carbocycles. The van der Waals surface area contributed by atoms with E-state index in [4.69, 9.17) is 14.2 Å². The summed E-state index contributed by atoms with van der Waals surface area (Å²) in [7, 11) is 3.30. The summed E-state index contributed by atoms with van der Waals surface area (Å²) >= 11 is 0. The van der Waals surface area contributed by atoms with E-state index in [0.717, 1.165) is 48.1 Å². The maximum Gasteiger partial charge on any atom is 0.317 e. The topological polar surface area (TPSA) is 60.0 Å². The summed E-state index contributed by atoms with van der Waals surface area (Å²) < 4.78 is 17.1. The highest BCUT2D eigenvalue weighted by atomic mass is 16.5. The number of nitrogens with one attached hydrogen (secondary N) is 1. The molecule has 0 atom stereocenters. The summed E-state index contributed by atoms with van der Waals surface area (Å²) in [5.41, 5.74) is 2.96. The van der Waals surface area contributed by atoms with Gasteiger partial charge in [0.15, 0.2) is 0 Å². The van der Waals surface area contributed by atoms with Gasteiger partial charge < -0.3 is 24.4 Å².